The number of H-pyrrole nitrogens is 1. The molecule has 1 N–H and O–H groups in total. The first-order chi connectivity index (χ1) is 29.5. The lowest BCUT2D eigenvalue weighted by atomic mass is 10.1. The molecule has 0 radical (unpaired) electrons. The van der Waals surface area contributed by atoms with Crippen LogP contribution in [0.4, 0.5) is 40.3 Å². The molecule has 0 unspecified atom stereocenters. The van der Waals surface area contributed by atoms with E-state index in [0.29, 0.717) is 41.0 Å². The van der Waals surface area contributed by atoms with Gasteiger partial charge in [0.05, 0.1) is 60.8 Å². The highest BCUT2D eigenvalue weighted by atomic mass is 19.3. The number of benzene rings is 3. The molecule has 0 saturated heterocycles. The first-order valence-corrected chi connectivity index (χ1v) is 19.0. The maximum atomic E-state index is 13.5. The van der Waals surface area contributed by atoms with Gasteiger partial charge in [0.25, 0.3) is 0 Å². The molecular formula is C43H39F4N7O7. The van der Waals surface area contributed by atoms with E-state index in [4.69, 9.17) is 18.9 Å². The van der Waals surface area contributed by atoms with Gasteiger partial charge in [-0.15, -0.1) is 0 Å². The number of aromatic amines is 1. The number of carbonyl (C=O) groups excluding carboxylic acids is 2. The minimum atomic E-state index is -3.08. The minimum Gasteiger partial charge on any atom is -0.489 e. The summed E-state index contributed by atoms with van der Waals surface area (Å²) in [5.74, 6) is -1.60. The fraction of sp³-hybridized carbons (Fsp3) is 0.256. The molecule has 0 aliphatic heterocycles. The van der Waals surface area contributed by atoms with Crippen LogP contribution in [-0.2, 0) is 17.8 Å². The number of alkyl halides is 4. The van der Waals surface area contributed by atoms with Crippen molar-refractivity contribution < 1.29 is 50.8 Å². The van der Waals surface area contributed by atoms with Gasteiger partial charge in [0.1, 0.15) is 6.33 Å². The second kappa shape index (κ2) is 19.2. The van der Waals surface area contributed by atoms with Gasteiger partial charge >= 0.3 is 25.2 Å². The Kier molecular flexibility index (Phi) is 13.2. The molecule has 3 heterocycles. The predicted octanol–water partition coefficient (Wildman–Crippen LogP) is 9.05. The number of pyridine rings is 1. The van der Waals surface area contributed by atoms with E-state index in [1.807, 2.05) is 4.90 Å². The standard InChI is InChI=1S/C43H39F4N7O7/c1-26(2)58-39-15-34(10-12-37(39)60-43(46)47)54(22-31-19-51-25-52-31)35-13-30(18-48-20-35)41(56)61-40(55)29-5-7-32(8-6-29)53(21-28-16-49-24-50-17-28)33-9-11-36(59-42(44)45)38(14-33)57-23-27-3-4-27/h5-20,24-27,42-43H,3-4,21-23H2,1-2H3,(H,51,52). The summed E-state index contributed by atoms with van der Waals surface area (Å²) < 4.78 is 79.4. The molecule has 1 saturated carbocycles. The van der Waals surface area contributed by atoms with Crippen molar-refractivity contribution >= 4 is 34.7 Å². The number of carbonyl (C=O) groups is 2. The Balaban J connectivity index is 1.11. The monoisotopic (exact) mass is 841 g/mol. The van der Waals surface area contributed by atoms with Crippen molar-refractivity contribution in [2.75, 3.05) is 16.4 Å². The van der Waals surface area contributed by atoms with Crippen molar-refractivity contribution in [1.82, 2.24) is 24.9 Å². The molecule has 14 nitrogen and oxygen atoms in total. The summed E-state index contributed by atoms with van der Waals surface area (Å²) in [6.07, 6.45) is 12.1. The van der Waals surface area contributed by atoms with E-state index in [1.54, 1.807) is 67.7 Å². The molecule has 1 aliphatic rings. The van der Waals surface area contributed by atoms with Crippen LogP contribution < -0.4 is 28.7 Å². The zero-order chi connectivity index (χ0) is 42.9. The van der Waals surface area contributed by atoms with Gasteiger partial charge in [-0.3, -0.25) is 4.98 Å². The maximum absolute atomic E-state index is 13.5. The van der Waals surface area contributed by atoms with E-state index >= 15 is 0 Å². The van der Waals surface area contributed by atoms with E-state index < -0.39 is 25.2 Å². The SMILES string of the molecule is CC(C)Oc1cc(N(Cc2cnc[nH]2)c2cncc(C(=O)OC(=O)c3ccc(N(Cc4cncnc4)c4ccc(OC(F)F)c(OCC5CC5)c4)cc3)c2)ccc1OC(F)F. The summed E-state index contributed by atoms with van der Waals surface area (Å²) in [7, 11) is 0. The summed E-state index contributed by atoms with van der Waals surface area (Å²) in [6.45, 7) is -1.85. The molecule has 0 amide bonds. The van der Waals surface area contributed by atoms with Crippen LogP contribution in [-0.4, -0.2) is 62.8 Å². The molecule has 0 atom stereocenters. The lowest BCUT2D eigenvalue weighted by molar-refractivity contribution is -0.0523. The summed E-state index contributed by atoms with van der Waals surface area (Å²) >= 11 is 0. The number of hydrogen-bond acceptors (Lipinski definition) is 13. The van der Waals surface area contributed by atoms with Gasteiger partial charge < -0.3 is 38.5 Å². The molecule has 61 heavy (non-hydrogen) atoms. The zero-order valence-corrected chi connectivity index (χ0v) is 32.8. The van der Waals surface area contributed by atoms with Gasteiger partial charge in [0, 0.05) is 59.5 Å². The first kappa shape index (κ1) is 41.9. The van der Waals surface area contributed by atoms with E-state index in [2.05, 4.69) is 29.7 Å². The molecule has 7 rings (SSSR count). The van der Waals surface area contributed by atoms with Gasteiger partial charge in [-0.2, -0.15) is 17.6 Å². The second-order valence-electron chi connectivity index (χ2n) is 14.1. The lowest BCUT2D eigenvalue weighted by Gasteiger charge is -2.26. The first-order valence-electron chi connectivity index (χ1n) is 19.0. The molecule has 1 fully saturated rings. The Morgan fingerprint density at radius 1 is 0.656 bits per heavy atom. The van der Waals surface area contributed by atoms with Crippen LogP contribution in [0.1, 0.15) is 58.7 Å². The normalized spacial score (nSPS) is 12.3. The van der Waals surface area contributed by atoms with Crippen molar-refractivity contribution in [3.8, 4) is 23.0 Å². The van der Waals surface area contributed by atoms with Crippen LogP contribution >= 0.6 is 0 Å². The smallest absolute Gasteiger partial charge is 0.387 e. The van der Waals surface area contributed by atoms with Gasteiger partial charge in [0.15, 0.2) is 23.0 Å². The van der Waals surface area contributed by atoms with Crippen LogP contribution in [0.3, 0.4) is 0 Å². The average Bonchev–Trinajstić information content (AvgIpc) is 3.94. The molecule has 0 spiro atoms. The summed E-state index contributed by atoms with van der Waals surface area (Å²) in [5.41, 5.74) is 3.42. The van der Waals surface area contributed by atoms with Crippen molar-refractivity contribution in [2.45, 2.75) is 59.1 Å². The third kappa shape index (κ3) is 11.3. The molecule has 18 heteroatoms. The number of nitrogens with zero attached hydrogens (tertiary/aromatic N) is 6. The van der Waals surface area contributed by atoms with Crippen molar-refractivity contribution in [3.05, 3.63) is 133 Å². The highest BCUT2D eigenvalue weighted by molar-refractivity contribution is 6.03. The quantitative estimate of drug-likeness (QED) is 0.0469. The number of halogens is 4. The van der Waals surface area contributed by atoms with Gasteiger partial charge in [-0.25, -0.2) is 24.5 Å². The number of ether oxygens (including phenoxy) is 5. The predicted molar refractivity (Wildman–Crippen MR) is 213 cm³/mol. The Labute approximate surface area is 347 Å². The summed E-state index contributed by atoms with van der Waals surface area (Å²) in [6, 6.07) is 16.8. The van der Waals surface area contributed by atoms with E-state index in [0.717, 1.165) is 18.4 Å². The summed E-state index contributed by atoms with van der Waals surface area (Å²) in [4.78, 5) is 49.9. The van der Waals surface area contributed by atoms with Crippen molar-refractivity contribution in [1.29, 1.82) is 0 Å². The molecule has 3 aromatic carbocycles. The lowest BCUT2D eigenvalue weighted by Crippen LogP contribution is -2.19. The van der Waals surface area contributed by atoms with Gasteiger partial charge in [-0.1, -0.05) is 0 Å². The minimum absolute atomic E-state index is 0.0522. The third-order valence-corrected chi connectivity index (χ3v) is 9.15. The van der Waals surface area contributed by atoms with Crippen LogP contribution in [0, 0.1) is 5.92 Å². The highest BCUT2D eigenvalue weighted by Crippen LogP contribution is 2.40. The number of imidazole rings is 1. The number of esters is 2. The molecule has 1 aliphatic carbocycles. The zero-order valence-electron chi connectivity index (χ0n) is 32.8. The van der Waals surface area contributed by atoms with Crippen LogP contribution in [0.2, 0.25) is 0 Å². The molecular weight excluding hydrogens is 803 g/mol. The third-order valence-electron chi connectivity index (χ3n) is 9.15. The Bertz CT molecular complexity index is 2410. The number of rotatable bonds is 19. The molecule has 0 bridgehead atoms. The molecule has 6 aromatic rings. The Morgan fingerprint density at radius 2 is 1.28 bits per heavy atom. The van der Waals surface area contributed by atoms with E-state index in [9.17, 15) is 27.2 Å². The Morgan fingerprint density at radius 3 is 1.90 bits per heavy atom. The van der Waals surface area contributed by atoms with E-state index in [-0.39, 0.29) is 53.3 Å². The topological polar surface area (TPSA) is 154 Å². The Hall–Kier alpha value is -7.24. The van der Waals surface area contributed by atoms with Crippen molar-refractivity contribution in [2.24, 2.45) is 5.92 Å². The summed E-state index contributed by atoms with van der Waals surface area (Å²) in [5, 5.41) is 0. The molecule has 3 aromatic heterocycles. The highest BCUT2D eigenvalue weighted by Gasteiger charge is 2.25. The van der Waals surface area contributed by atoms with Crippen LogP contribution in [0.25, 0.3) is 0 Å². The second-order valence-corrected chi connectivity index (χ2v) is 14.1. The maximum Gasteiger partial charge on any atom is 0.387 e. The van der Waals surface area contributed by atoms with Gasteiger partial charge in [0.2, 0.25) is 0 Å². The number of aromatic nitrogens is 5. The van der Waals surface area contributed by atoms with Crippen LogP contribution in [0.15, 0.2) is 110 Å². The fourth-order valence-electron chi connectivity index (χ4n) is 6.13. The largest absolute Gasteiger partial charge is 0.489 e. The van der Waals surface area contributed by atoms with E-state index in [1.165, 1.54) is 61.4 Å². The van der Waals surface area contributed by atoms with Crippen LogP contribution in [0.5, 0.6) is 23.0 Å². The number of nitrogens with one attached hydrogen (secondary N) is 1. The van der Waals surface area contributed by atoms with Gasteiger partial charge in [-0.05, 0) is 87.2 Å². The number of hydrogen-bond donors (Lipinski definition) is 1. The molecule has 316 valence electrons. The average molecular weight is 842 g/mol. The fourth-order valence-corrected chi connectivity index (χ4v) is 6.13. The number of anilines is 4. The van der Waals surface area contributed by atoms with Crippen molar-refractivity contribution in [3.63, 3.8) is 0 Å².